The van der Waals surface area contributed by atoms with Crippen molar-refractivity contribution >= 4 is 23.3 Å². The van der Waals surface area contributed by atoms with Crippen LogP contribution < -0.4 is 4.74 Å². The van der Waals surface area contributed by atoms with Crippen LogP contribution in [-0.2, 0) is 4.79 Å². The summed E-state index contributed by atoms with van der Waals surface area (Å²) in [5.41, 5.74) is -0.775. The third-order valence-corrected chi connectivity index (χ3v) is 2.69. The van der Waals surface area contributed by atoms with Gasteiger partial charge >= 0.3 is 11.7 Å². The number of aliphatic hydroxyl groups excluding tert-OH is 2. The van der Waals surface area contributed by atoms with E-state index in [1.54, 1.807) is 0 Å². The molecule has 0 bridgehead atoms. The number of nitro benzene ring substituents is 1. The molecule has 0 saturated carbocycles. The maximum Gasteiger partial charge on any atom is 0.335 e. The highest BCUT2D eigenvalue weighted by Gasteiger charge is 2.30. The van der Waals surface area contributed by atoms with Crippen LogP contribution in [0.3, 0.4) is 0 Å². The summed E-state index contributed by atoms with van der Waals surface area (Å²) < 4.78 is 4.74. The van der Waals surface area contributed by atoms with Crippen LogP contribution in [0, 0.1) is 10.1 Å². The number of ether oxygens (including phenoxy) is 1. The van der Waals surface area contributed by atoms with Crippen molar-refractivity contribution in [3.63, 3.8) is 0 Å². The minimum Gasteiger partial charge on any atom is -0.490 e. The Morgan fingerprint density at radius 1 is 1.47 bits per heavy atom. The fraction of sp³-hybridized carbons (Fsp3) is 0.300. The first-order valence-corrected chi connectivity index (χ1v) is 5.28. The molecule has 19 heavy (non-hydrogen) atoms. The maximum absolute atomic E-state index is 10.8. The predicted octanol–water partition coefficient (Wildman–Crippen LogP) is 0.736. The van der Waals surface area contributed by atoms with Gasteiger partial charge in [-0.1, -0.05) is 11.6 Å². The third-order valence-electron chi connectivity index (χ3n) is 2.37. The highest BCUT2D eigenvalue weighted by Crippen LogP contribution is 2.36. The normalized spacial score (nSPS) is 13.7. The summed E-state index contributed by atoms with van der Waals surface area (Å²) in [6.07, 6.45) is -4.04. The van der Waals surface area contributed by atoms with Gasteiger partial charge in [-0.25, -0.2) is 4.79 Å². The van der Waals surface area contributed by atoms with Crippen LogP contribution in [0.5, 0.6) is 5.75 Å². The number of aliphatic hydroxyl groups is 2. The lowest BCUT2D eigenvalue weighted by Gasteiger charge is -2.16. The Kier molecular flexibility index (Phi) is 4.65. The first-order valence-electron chi connectivity index (χ1n) is 4.90. The van der Waals surface area contributed by atoms with Crippen LogP contribution in [0.15, 0.2) is 12.1 Å². The molecule has 0 aliphatic carbocycles. The molecule has 2 atom stereocenters. The second kappa shape index (κ2) is 5.83. The van der Waals surface area contributed by atoms with Gasteiger partial charge in [0.25, 0.3) is 0 Å². The first kappa shape index (κ1) is 15.2. The van der Waals surface area contributed by atoms with Crippen molar-refractivity contribution in [1.29, 1.82) is 0 Å². The molecule has 0 aliphatic rings. The molecule has 8 nitrogen and oxygen atoms in total. The minimum absolute atomic E-state index is 0.143. The maximum atomic E-state index is 10.8. The number of carboxylic acid groups (broad SMARTS) is 1. The lowest BCUT2D eigenvalue weighted by atomic mass is 10.0. The summed E-state index contributed by atoms with van der Waals surface area (Å²) in [5, 5.41) is 38.1. The topological polar surface area (TPSA) is 130 Å². The number of carboxylic acids is 1. The molecule has 0 amide bonds. The number of halogens is 1. The number of nitro groups is 1. The second-order valence-corrected chi connectivity index (χ2v) is 3.94. The van der Waals surface area contributed by atoms with Crippen molar-refractivity contribution in [2.24, 2.45) is 0 Å². The Morgan fingerprint density at radius 2 is 2.05 bits per heavy atom. The highest BCUT2D eigenvalue weighted by molar-refractivity contribution is 6.31. The smallest absolute Gasteiger partial charge is 0.335 e. The molecule has 0 fully saturated rings. The lowest BCUT2D eigenvalue weighted by molar-refractivity contribution is -0.385. The van der Waals surface area contributed by atoms with Gasteiger partial charge in [0.1, 0.15) is 6.10 Å². The van der Waals surface area contributed by atoms with Crippen molar-refractivity contribution in [3.8, 4) is 5.75 Å². The molecule has 0 aliphatic heterocycles. The Balaban J connectivity index is 3.32. The molecule has 0 saturated heterocycles. The molecule has 1 aromatic rings. The zero-order valence-electron chi connectivity index (χ0n) is 9.61. The molecule has 2 unspecified atom stereocenters. The predicted molar refractivity (Wildman–Crippen MR) is 63.3 cm³/mol. The Hall–Kier alpha value is -1.90. The van der Waals surface area contributed by atoms with E-state index in [9.17, 15) is 25.1 Å². The molecule has 1 aromatic carbocycles. The van der Waals surface area contributed by atoms with Gasteiger partial charge in [-0.2, -0.15) is 0 Å². The van der Waals surface area contributed by atoms with Gasteiger partial charge in [-0.05, 0) is 0 Å². The molecule has 104 valence electrons. The third kappa shape index (κ3) is 3.11. The van der Waals surface area contributed by atoms with Crippen LogP contribution in [0.2, 0.25) is 5.02 Å². The van der Waals surface area contributed by atoms with Crippen molar-refractivity contribution < 1.29 is 29.8 Å². The number of aliphatic carboxylic acids is 1. The molecule has 0 spiro atoms. The zero-order valence-corrected chi connectivity index (χ0v) is 10.4. The van der Waals surface area contributed by atoms with Gasteiger partial charge in [-0.3, -0.25) is 10.1 Å². The van der Waals surface area contributed by atoms with Gasteiger partial charge in [0.15, 0.2) is 11.9 Å². The van der Waals surface area contributed by atoms with Gasteiger partial charge in [0.05, 0.1) is 17.1 Å². The number of nitrogens with zero attached hydrogens (tertiary/aromatic N) is 1. The Bertz CT molecular complexity index is 519. The minimum atomic E-state index is -2.15. The highest BCUT2D eigenvalue weighted by atomic mass is 35.5. The van der Waals surface area contributed by atoms with E-state index in [1.165, 1.54) is 7.11 Å². The fourth-order valence-electron chi connectivity index (χ4n) is 1.40. The van der Waals surface area contributed by atoms with Crippen molar-refractivity contribution in [1.82, 2.24) is 0 Å². The zero-order chi connectivity index (χ0) is 14.7. The summed E-state index contributed by atoms with van der Waals surface area (Å²) >= 11 is 5.76. The van der Waals surface area contributed by atoms with E-state index in [-0.39, 0.29) is 16.3 Å². The van der Waals surface area contributed by atoms with E-state index < -0.39 is 28.8 Å². The standard InChI is InChI=1S/C10H10ClNO7/c1-19-7-3-5(11)4(2-6(7)12(17)18)8(13)9(14)10(15)16/h2-3,8-9,13-14H,1H3,(H,15,16). The number of hydrogen-bond acceptors (Lipinski definition) is 6. The van der Waals surface area contributed by atoms with Crippen LogP contribution in [0.1, 0.15) is 11.7 Å². The molecule has 1 rings (SSSR count). The molecule has 0 aromatic heterocycles. The van der Waals surface area contributed by atoms with Gasteiger partial charge in [0, 0.05) is 17.7 Å². The number of hydrogen-bond donors (Lipinski definition) is 3. The molecule has 0 heterocycles. The van der Waals surface area contributed by atoms with Crippen molar-refractivity contribution in [2.45, 2.75) is 12.2 Å². The second-order valence-electron chi connectivity index (χ2n) is 3.53. The molecule has 0 radical (unpaired) electrons. The number of rotatable bonds is 5. The molecular weight excluding hydrogens is 282 g/mol. The van der Waals surface area contributed by atoms with Crippen LogP contribution in [0.4, 0.5) is 5.69 Å². The largest absolute Gasteiger partial charge is 0.490 e. The number of carbonyl (C=O) groups is 1. The van der Waals surface area contributed by atoms with E-state index in [1.807, 2.05) is 0 Å². The average Bonchev–Trinajstić information content (AvgIpc) is 2.35. The lowest BCUT2D eigenvalue weighted by Crippen LogP contribution is -2.27. The summed E-state index contributed by atoms with van der Waals surface area (Å²) in [4.78, 5) is 20.6. The van der Waals surface area contributed by atoms with Crippen molar-refractivity contribution in [2.75, 3.05) is 7.11 Å². The first-order chi connectivity index (χ1) is 8.79. The van der Waals surface area contributed by atoms with Crippen molar-refractivity contribution in [3.05, 3.63) is 32.8 Å². The van der Waals surface area contributed by atoms with E-state index in [0.29, 0.717) is 0 Å². The Labute approximate surface area is 112 Å². The van der Waals surface area contributed by atoms with Gasteiger partial charge in [-0.15, -0.1) is 0 Å². The van der Waals surface area contributed by atoms with Gasteiger partial charge < -0.3 is 20.1 Å². The van der Waals surface area contributed by atoms with E-state index in [4.69, 9.17) is 21.4 Å². The molecular formula is C10H10ClNO7. The van der Waals surface area contributed by atoms with Crippen LogP contribution in [0.25, 0.3) is 0 Å². The summed E-state index contributed by atoms with van der Waals surface area (Å²) in [5.74, 6) is -1.82. The Morgan fingerprint density at radius 3 is 2.47 bits per heavy atom. The molecule has 3 N–H and O–H groups in total. The fourth-order valence-corrected chi connectivity index (χ4v) is 1.66. The van der Waals surface area contributed by atoms with Gasteiger partial charge in [0.2, 0.25) is 0 Å². The van der Waals surface area contributed by atoms with Crippen LogP contribution in [-0.4, -0.2) is 39.4 Å². The summed E-state index contributed by atoms with van der Waals surface area (Å²) in [6.45, 7) is 0. The van der Waals surface area contributed by atoms with E-state index in [0.717, 1.165) is 12.1 Å². The monoisotopic (exact) mass is 291 g/mol. The number of methoxy groups -OCH3 is 1. The quantitative estimate of drug-likeness (QED) is 0.538. The number of benzene rings is 1. The van der Waals surface area contributed by atoms with Crippen LogP contribution >= 0.6 is 11.6 Å². The SMILES string of the molecule is COc1cc(Cl)c(C(O)C(O)C(=O)O)cc1[N+](=O)[O-]. The summed E-state index contributed by atoms with van der Waals surface area (Å²) in [7, 11) is 1.20. The van der Waals surface area contributed by atoms with E-state index >= 15 is 0 Å². The summed E-state index contributed by atoms with van der Waals surface area (Å²) in [6, 6.07) is 1.92. The average molecular weight is 292 g/mol. The molecule has 9 heteroatoms. The van der Waals surface area contributed by atoms with E-state index in [2.05, 4.69) is 0 Å².